The largest absolute Gasteiger partial charge is 0.497 e. The number of ketones is 2. The molecule has 4 aromatic rings. The standard InChI is InChI=1S/C23H15ClN4O6/c1-33-15-4-5-18-16(8-15)21(30)22(31)28(18)10-14-9-27(26-25-14)11-19(29)17-6-12-2-3-13(24)7-20(12)34-23(17)32/h2-9H,10-11H2,1H3. The van der Waals surface area contributed by atoms with Crippen LogP contribution in [0.5, 0.6) is 5.75 Å². The molecule has 34 heavy (non-hydrogen) atoms. The number of fused-ring (bicyclic) bond motifs is 2. The summed E-state index contributed by atoms with van der Waals surface area (Å²) < 4.78 is 11.6. The van der Waals surface area contributed by atoms with Gasteiger partial charge in [-0.2, -0.15) is 0 Å². The predicted molar refractivity (Wildman–Crippen MR) is 120 cm³/mol. The summed E-state index contributed by atoms with van der Waals surface area (Å²) in [6, 6.07) is 11.0. The highest BCUT2D eigenvalue weighted by molar-refractivity contribution is 6.52. The van der Waals surface area contributed by atoms with Crippen LogP contribution >= 0.6 is 11.6 Å². The van der Waals surface area contributed by atoms with E-state index < -0.39 is 23.1 Å². The van der Waals surface area contributed by atoms with Crippen molar-refractivity contribution in [3.8, 4) is 5.75 Å². The Morgan fingerprint density at radius 1 is 1.12 bits per heavy atom. The highest BCUT2D eigenvalue weighted by Gasteiger charge is 2.36. The molecular formula is C23H15ClN4O6. The fourth-order valence-electron chi connectivity index (χ4n) is 3.73. The molecule has 0 bridgehead atoms. The molecule has 5 rings (SSSR count). The molecular weight excluding hydrogens is 464 g/mol. The van der Waals surface area contributed by atoms with E-state index in [0.717, 1.165) is 0 Å². The second-order valence-electron chi connectivity index (χ2n) is 7.56. The summed E-state index contributed by atoms with van der Waals surface area (Å²) in [7, 11) is 1.47. The van der Waals surface area contributed by atoms with Crippen molar-refractivity contribution in [3.63, 3.8) is 0 Å². The molecule has 11 heteroatoms. The molecule has 0 fully saturated rings. The van der Waals surface area contributed by atoms with Crippen molar-refractivity contribution in [2.45, 2.75) is 13.1 Å². The number of anilines is 1. The molecule has 0 saturated heterocycles. The van der Waals surface area contributed by atoms with Gasteiger partial charge >= 0.3 is 5.63 Å². The Bertz CT molecular complexity index is 1560. The fourth-order valence-corrected chi connectivity index (χ4v) is 3.89. The number of carbonyl (C=O) groups excluding carboxylic acids is 3. The number of benzene rings is 2. The average molecular weight is 479 g/mol. The Morgan fingerprint density at radius 3 is 2.74 bits per heavy atom. The number of rotatable bonds is 6. The van der Waals surface area contributed by atoms with Crippen LogP contribution in [0.2, 0.25) is 5.02 Å². The Balaban J connectivity index is 1.35. The molecule has 10 nitrogen and oxygen atoms in total. The van der Waals surface area contributed by atoms with E-state index in [1.54, 1.807) is 24.3 Å². The molecule has 1 aliphatic heterocycles. The Hall–Kier alpha value is -4.31. The lowest BCUT2D eigenvalue weighted by atomic mass is 10.1. The minimum absolute atomic E-state index is 0.0169. The summed E-state index contributed by atoms with van der Waals surface area (Å²) in [6.45, 7) is -0.283. The minimum atomic E-state index is -0.784. The summed E-state index contributed by atoms with van der Waals surface area (Å²) in [5.74, 6) is -1.39. The summed E-state index contributed by atoms with van der Waals surface area (Å²) in [5.41, 5.74) is 0.410. The molecule has 0 radical (unpaired) electrons. The zero-order valence-corrected chi connectivity index (χ0v) is 18.4. The molecule has 0 N–H and O–H groups in total. The first-order valence-electron chi connectivity index (χ1n) is 10.0. The first-order valence-corrected chi connectivity index (χ1v) is 10.4. The van der Waals surface area contributed by atoms with Crippen molar-refractivity contribution in [2.24, 2.45) is 0 Å². The normalized spacial score (nSPS) is 12.9. The van der Waals surface area contributed by atoms with Crippen molar-refractivity contribution in [3.05, 3.63) is 80.9 Å². The van der Waals surface area contributed by atoms with Gasteiger partial charge in [-0.25, -0.2) is 9.48 Å². The van der Waals surface area contributed by atoms with Crippen molar-refractivity contribution >= 4 is 45.7 Å². The van der Waals surface area contributed by atoms with Crippen molar-refractivity contribution < 1.29 is 23.5 Å². The third-order valence-corrected chi connectivity index (χ3v) is 5.62. The number of nitrogens with zero attached hydrogens (tertiary/aromatic N) is 4. The van der Waals surface area contributed by atoms with Gasteiger partial charge in [0.2, 0.25) is 0 Å². The topological polar surface area (TPSA) is 125 Å². The van der Waals surface area contributed by atoms with E-state index in [1.165, 1.54) is 41.1 Å². The lowest BCUT2D eigenvalue weighted by Gasteiger charge is -2.14. The highest BCUT2D eigenvalue weighted by atomic mass is 35.5. The number of Topliss-reactive ketones (excluding diaryl/α,β-unsaturated/α-hetero) is 2. The molecule has 2 aromatic heterocycles. The van der Waals surface area contributed by atoms with E-state index in [-0.39, 0.29) is 29.8 Å². The van der Waals surface area contributed by atoms with Gasteiger partial charge in [0.1, 0.15) is 29.1 Å². The van der Waals surface area contributed by atoms with Gasteiger partial charge in [0, 0.05) is 16.5 Å². The maximum Gasteiger partial charge on any atom is 0.347 e. The summed E-state index contributed by atoms with van der Waals surface area (Å²) >= 11 is 5.91. The quantitative estimate of drug-likeness (QED) is 0.235. The van der Waals surface area contributed by atoms with Gasteiger partial charge in [0.15, 0.2) is 5.78 Å². The van der Waals surface area contributed by atoms with Crippen LogP contribution in [0.4, 0.5) is 5.69 Å². The maximum atomic E-state index is 12.7. The molecule has 0 saturated carbocycles. The molecule has 0 atom stereocenters. The van der Waals surface area contributed by atoms with E-state index in [4.69, 9.17) is 20.8 Å². The van der Waals surface area contributed by atoms with Crippen molar-refractivity contribution in [2.75, 3.05) is 12.0 Å². The molecule has 2 aromatic carbocycles. The second kappa shape index (κ2) is 8.23. The van der Waals surface area contributed by atoms with E-state index in [2.05, 4.69) is 10.3 Å². The molecule has 0 unspecified atom stereocenters. The van der Waals surface area contributed by atoms with Crippen LogP contribution in [0.3, 0.4) is 0 Å². The summed E-state index contributed by atoms with van der Waals surface area (Å²) in [4.78, 5) is 51.1. The van der Waals surface area contributed by atoms with Gasteiger partial charge in [-0.3, -0.25) is 19.3 Å². The van der Waals surface area contributed by atoms with Gasteiger partial charge < -0.3 is 9.15 Å². The molecule has 1 aliphatic rings. The third kappa shape index (κ3) is 3.73. The maximum absolute atomic E-state index is 12.7. The van der Waals surface area contributed by atoms with E-state index in [0.29, 0.717) is 27.5 Å². The SMILES string of the molecule is COc1ccc2c(c1)C(=O)C(=O)N2Cc1cn(CC(=O)c2cc3ccc(Cl)cc3oc2=O)nn1. The Labute approximate surface area is 196 Å². The lowest BCUT2D eigenvalue weighted by molar-refractivity contribution is -0.114. The number of methoxy groups -OCH3 is 1. The molecule has 0 spiro atoms. The minimum Gasteiger partial charge on any atom is -0.497 e. The van der Waals surface area contributed by atoms with Crippen LogP contribution in [0.25, 0.3) is 11.0 Å². The molecule has 3 heterocycles. The monoisotopic (exact) mass is 478 g/mol. The number of hydrogen-bond donors (Lipinski definition) is 0. The number of carbonyl (C=O) groups is 3. The van der Waals surface area contributed by atoms with Gasteiger partial charge in [-0.15, -0.1) is 5.10 Å². The average Bonchev–Trinajstić information content (AvgIpc) is 3.36. The zero-order valence-electron chi connectivity index (χ0n) is 17.6. The van der Waals surface area contributed by atoms with Gasteiger partial charge in [0.05, 0.1) is 31.1 Å². The summed E-state index contributed by atoms with van der Waals surface area (Å²) in [5, 5.41) is 8.86. The second-order valence-corrected chi connectivity index (χ2v) is 8.00. The molecule has 1 amide bonds. The van der Waals surface area contributed by atoms with E-state index in [1.807, 2.05) is 0 Å². The number of ether oxygens (including phenoxy) is 1. The van der Waals surface area contributed by atoms with Crippen LogP contribution in [0.1, 0.15) is 26.4 Å². The van der Waals surface area contributed by atoms with Crippen molar-refractivity contribution in [1.29, 1.82) is 0 Å². The molecule has 170 valence electrons. The van der Waals surface area contributed by atoms with Crippen LogP contribution in [-0.2, 0) is 17.9 Å². The number of amides is 1. The molecule has 0 aliphatic carbocycles. The van der Waals surface area contributed by atoms with Gasteiger partial charge in [-0.05, 0) is 36.4 Å². The number of hydrogen-bond acceptors (Lipinski definition) is 8. The third-order valence-electron chi connectivity index (χ3n) is 5.39. The smallest absolute Gasteiger partial charge is 0.347 e. The van der Waals surface area contributed by atoms with Crippen LogP contribution < -0.4 is 15.3 Å². The highest BCUT2D eigenvalue weighted by Crippen LogP contribution is 2.32. The predicted octanol–water partition coefficient (Wildman–Crippen LogP) is 2.66. The van der Waals surface area contributed by atoms with E-state index in [9.17, 15) is 19.2 Å². The van der Waals surface area contributed by atoms with Crippen LogP contribution in [-0.4, -0.2) is 39.6 Å². The van der Waals surface area contributed by atoms with Crippen LogP contribution in [0.15, 0.2) is 57.9 Å². The van der Waals surface area contributed by atoms with E-state index >= 15 is 0 Å². The number of aromatic nitrogens is 3. The lowest BCUT2D eigenvalue weighted by Crippen LogP contribution is -2.29. The first-order chi connectivity index (χ1) is 16.3. The summed E-state index contributed by atoms with van der Waals surface area (Å²) in [6.07, 6.45) is 1.47. The van der Waals surface area contributed by atoms with Gasteiger partial charge in [0.25, 0.3) is 11.7 Å². The van der Waals surface area contributed by atoms with Gasteiger partial charge in [-0.1, -0.05) is 16.8 Å². The number of halogens is 1. The Morgan fingerprint density at radius 2 is 1.94 bits per heavy atom. The first kappa shape index (κ1) is 21.5. The zero-order chi connectivity index (χ0) is 24.0. The van der Waals surface area contributed by atoms with Crippen molar-refractivity contribution in [1.82, 2.24) is 15.0 Å². The fraction of sp³-hybridized carbons (Fsp3) is 0.130. The Kier molecular flexibility index (Phi) is 5.21. The van der Waals surface area contributed by atoms with Crippen LogP contribution in [0, 0.1) is 0 Å².